The van der Waals surface area contributed by atoms with E-state index in [-0.39, 0.29) is 6.04 Å². The van der Waals surface area contributed by atoms with Crippen molar-refractivity contribution in [3.63, 3.8) is 0 Å². The number of hydrogen-bond donors (Lipinski definition) is 1. The summed E-state index contributed by atoms with van der Waals surface area (Å²) in [7, 11) is 0. The van der Waals surface area contributed by atoms with Crippen molar-refractivity contribution in [1.29, 1.82) is 0 Å². The highest BCUT2D eigenvalue weighted by atomic mass is 32.2. The Morgan fingerprint density at radius 2 is 2.05 bits per heavy atom. The van der Waals surface area contributed by atoms with Crippen molar-refractivity contribution in [3.05, 3.63) is 60.2 Å². The van der Waals surface area contributed by atoms with Crippen molar-refractivity contribution in [2.45, 2.75) is 11.8 Å². The number of rotatable bonds is 5. The van der Waals surface area contributed by atoms with Crippen molar-refractivity contribution in [3.8, 4) is 0 Å². The standard InChI is InChI=1S/C15H15NO2S/c16-13(10-19-9-12-5-3-7-17-12)15-8-11-4-1-2-6-14(11)18-15/h1-8,13H,9-10,16H2. The first-order valence-corrected chi connectivity index (χ1v) is 7.32. The third kappa shape index (κ3) is 2.85. The molecule has 2 heterocycles. The molecule has 3 aromatic rings. The second-order valence-electron chi connectivity index (χ2n) is 4.39. The molecule has 3 nitrogen and oxygen atoms in total. The van der Waals surface area contributed by atoms with E-state index in [1.165, 1.54) is 0 Å². The van der Waals surface area contributed by atoms with Gasteiger partial charge in [-0.15, -0.1) is 0 Å². The number of fused-ring (bicyclic) bond motifs is 1. The van der Waals surface area contributed by atoms with E-state index >= 15 is 0 Å². The number of benzene rings is 1. The van der Waals surface area contributed by atoms with Gasteiger partial charge in [0.25, 0.3) is 0 Å². The Hall–Kier alpha value is -1.65. The molecule has 0 saturated heterocycles. The van der Waals surface area contributed by atoms with Crippen molar-refractivity contribution >= 4 is 22.7 Å². The second-order valence-corrected chi connectivity index (χ2v) is 5.42. The maximum atomic E-state index is 6.15. The average molecular weight is 273 g/mol. The molecule has 19 heavy (non-hydrogen) atoms. The zero-order valence-corrected chi connectivity index (χ0v) is 11.2. The predicted octanol–water partition coefficient (Wildman–Crippen LogP) is 3.96. The number of hydrogen-bond acceptors (Lipinski definition) is 4. The Kier molecular flexibility index (Phi) is 3.62. The summed E-state index contributed by atoms with van der Waals surface area (Å²) in [6, 6.07) is 13.8. The van der Waals surface area contributed by atoms with Gasteiger partial charge in [0, 0.05) is 11.1 Å². The Morgan fingerprint density at radius 1 is 1.16 bits per heavy atom. The van der Waals surface area contributed by atoms with Crippen LogP contribution in [0.15, 0.2) is 57.6 Å². The Balaban J connectivity index is 1.61. The van der Waals surface area contributed by atoms with Crippen LogP contribution in [0.5, 0.6) is 0 Å². The molecule has 0 radical (unpaired) electrons. The summed E-state index contributed by atoms with van der Waals surface area (Å²) >= 11 is 1.75. The first kappa shape index (κ1) is 12.4. The summed E-state index contributed by atoms with van der Waals surface area (Å²) in [5, 5.41) is 1.10. The van der Waals surface area contributed by atoms with Gasteiger partial charge >= 0.3 is 0 Å². The molecule has 2 aromatic heterocycles. The predicted molar refractivity (Wildman–Crippen MR) is 78.0 cm³/mol. The van der Waals surface area contributed by atoms with Crippen LogP contribution >= 0.6 is 11.8 Å². The van der Waals surface area contributed by atoms with Crippen LogP contribution in [0.1, 0.15) is 17.6 Å². The molecule has 0 spiro atoms. The van der Waals surface area contributed by atoms with E-state index in [0.29, 0.717) is 0 Å². The normalized spacial score (nSPS) is 12.9. The summed E-state index contributed by atoms with van der Waals surface area (Å²) in [5.74, 6) is 3.46. The molecule has 3 rings (SSSR count). The van der Waals surface area contributed by atoms with Gasteiger partial charge in [-0.2, -0.15) is 11.8 Å². The summed E-state index contributed by atoms with van der Waals surface area (Å²) in [5.41, 5.74) is 7.05. The van der Waals surface area contributed by atoms with Crippen molar-refractivity contribution < 1.29 is 8.83 Å². The van der Waals surface area contributed by atoms with Crippen LogP contribution in [0.4, 0.5) is 0 Å². The molecule has 0 amide bonds. The van der Waals surface area contributed by atoms with E-state index in [9.17, 15) is 0 Å². The molecule has 0 saturated carbocycles. The maximum absolute atomic E-state index is 6.15. The fraction of sp³-hybridized carbons (Fsp3) is 0.200. The van der Waals surface area contributed by atoms with E-state index < -0.39 is 0 Å². The third-order valence-corrected chi connectivity index (χ3v) is 4.02. The van der Waals surface area contributed by atoms with E-state index in [0.717, 1.165) is 34.0 Å². The van der Waals surface area contributed by atoms with Gasteiger partial charge in [-0.25, -0.2) is 0 Å². The second kappa shape index (κ2) is 5.55. The van der Waals surface area contributed by atoms with Crippen molar-refractivity contribution in [2.24, 2.45) is 5.73 Å². The molecule has 1 aromatic carbocycles. The number of nitrogens with two attached hydrogens (primary N) is 1. The topological polar surface area (TPSA) is 52.3 Å². The monoisotopic (exact) mass is 273 g/mol. The molecule has 0 aliphatic heterocycles. The van der Waals surface area contributed by atoms with Crippen LogP contribution in [0.2, 0.25) is 0 Å². The lowest BCUT2D eigenvalue weighted by atomic mass is 10.2. The molecule has 98 valence electrons. The zero-order valence-electron chi connectivity index (χ0n) is 10.4. The van der Waals surface area contributed by atoms with Gasteiger partial charge in [0.2, 0.25) is 0 Å². The van der Waals surface area contributed by atoms with Gasteiger partial charge in [0.05, 0.1) is 18.1 Å². The first-order chi connectivity index (χ1) is 9.33. The van der Waals surface area contributed by atoms with Gasteiger partial charge < -0.3 is 14.6 Å². The lowest BCUT2D eigenvalue weighted by Crippen LogP contribution is -2.12. The summed E-state index contributed by atoms with van der Waals surface area (Å²) < 4.78 is 11.0. The molecule has 0 bridgehead atoms. The minimum Gasteiger partial charge on any atom is -0.468 e. The smallest absolute Gasteiger partial charge is 0.134 e. The van der Waals surface area contributed by atoms with Crippen LogP contribution in [0, 0.1) is 0 Å². The van der Waals surface area contributed by atoms with Crippen LogP contribution in [0.25, 0.3) is 11.0 Å². The Morgan fingerprint density at radius 3 is 2.84 bits per heavy atom. The molecule has 1 atom stereocenters. The van der Waals surface area contributed by atoms with E-state index in [4.69, 9.17) is 14.6 Å². The third-order valence-electron chi connectivity index (χ3n) is 2.93. The largest absolute Gasteiger partial charge is 0.468 e. The average Bonchev–Trinajstić information content (AvgIpc) is 3.07. The summed E-state index contributed by atoms with van der Waals surface area (Å²) in [4.78, 5) is 0. The van der Waals surface area contributed by atoms with Crippen LogP contribution in [-0.4, -0.2) is 5.75 Å². The number of thioether (sulfide) groups is 1. The number of para-hydroxylation sites is 1. The van der Waals surface area contributed by atoms with Crippen molar-refractivity contribution in [1.82, 2.24) is 0 Å². The van der Waals surface area contributed by atoms with Gasteiger partial charge in [-0.3, -0.25) is 0 Å². The maximum Gasteiger partial charge on any atom is 0.134 e. The highest BCUT2D eigenvalue weighted by molar-refractivity contribution is 7.98. The summed E-state index contributed by atoms with van der Waals surface area (Å²) in [6.07, 6.45) is 1.69. The molecule has 0 fully saturated rings. The van der Waals surface area contributed by atoms with Gasteiger partial charge in [0.1, 0.15) is 17.1 Å². The minimum atomic E-state index is -0.0904. The van der Waals surface area contributed by atoms with E-state index in [2.05, 4.69) is 0 Å². The quantitative estimate of drug-likeness (QED) is 0.764. The molecule has 0 aliphatic carbocycles. The van der Waals surface area contributed by atoms with E-state index in [1.807, 2.05) is 42.5 Å². The lowest BCUT2D eigenvalue weighted by Gasteiger charge is -2.07. The molecule has 1 unspecified atom stereocenters. The SMILES string of the molecule is NC(CSCc1ccco1)c1cc2ccccc2o1. The minimum absolute atomic E-state index is 0.0904. The Bertz CT molecular complexity index is 612. The van der Waals surface area contributed by atoms with Crippen molar-refractivity contribution in [2.75, 3.05) is 5.75 Å². The first-order valence-electron chi connectivity index (χ1n) is 6.17. The number of furan rings is 2. The Labute approximate surface area is 115 Å². The molecule has 0 aliphatic rings. The highest BCUT2D eigenvalue weighted by Gasteiger charge is 2.12. The molecular weight excluding hydrogens is 258 g/mol. The molecule has 2 N–H and O–H groups in total. The fourth-order valence-electron chi connectivity index (χ4n) is 1.95. The summed E-state index contributed by atoms with van der Waals surface area (Å²) in [6.45, 7) is 0. The van der Waals surface area contributed by atoms with Crippen LogP contribution < -0.4 is 5.73 Å². The van der Waals surface area contributed by atoms with Gasteiger partial charge in [-0.05, 0) is 24.3 Å². The highest BCUT2D eigenvalue weighted by Crippen LogP contribution is 2.25. The molecule has 4 heteroatoms. The van der Waals surface area contributed by atoms with Gasteiger partial charge in [0.15, 0.2) is 0 Å². The molecular formula is C15H15NO2S. The van der Waals surface area contributed by atoms with Crippen LogP contribution in [0.3, 0.4) is 0 Å². The van der Waals surface area contributed by atoms with E-state index in [1.54, 1.807) is 18.0 Å². The fourth-order valence-corrected chi connectivity index (χ4v) is 2.85. The lowest BCUT2D eigenvalue weighted by molar-refractivity contribution is 0.515. The zero-order chi connectivity index (χ0) is 13.1. The van der Waals surface area contributed by atoms with Gasteiger partial charge in [-0.1, -0.05) is 18.2 Å². The van der Waals surface area contributed by atoms with Crippen LogP contribution in [-0.2, 0) is 5.75 Å².